The third-order valence-corrected chi connectivity index (χ3v) is 4.20. The lowest BCUT2D eigenvalue weighted by Gasteiger charge is -2.19. The standard InChI is InChI=1S/C19H21N7O3/c1-11(2)9-16(22-19(28)29)18(27)21-15-4-3-13(12-5-7-20-8-6-12)10-14(15)17-23-25-26-24-17/h3-8,10-11,16,22H,9H2,1-2H3,(H,21,27)(H,28,29)(H,23,24,25,26). The highest BCUT2D eigenvalue weighted by Gasteiger charge is 2.23. The first kappa shape index (κ1) is 19.9. The fourth-order valence-corrected chi connectivity index (χ4v) is 2.91. The molecule has 1 aromatic carbocycles. The van der Waals surface area contributed by atoms with E-state index < -0.39 is 18.0 Å². The van der Waals surface area contributed by atoms with Gasteiger partial charge in [-0.2, -0.15) is 5.21 Å². The van der Waals surface area contributed by atoms with Crippen LogP contribution < -0.4 is 10.6 Å². The minimum Gasteiger partial charge on any atom is -0.465 e. The number of nitrogens with zero attached hydrogens (tertiary/aromatic N) is 4. The third kappa shape index (κ3) is 5.12. The zero-order valence-corrected chi connectivity index (χ0v) is 16.0. The van der Waals surface area contributed by atoms with Crippen LogP contribution in [0.3, 0.4) is 0 Å². The maximum Gasteiger partial charge on any atom is 0.405 e. The Balaban J connectivity index is 1.93. The third-order valence-electron chi connectivity index (χ3n) is 4.20. The summed E-state index contributed by atoms with van der Waals surface area (Å²) in [5, 5.41) is 28.1. The molecule has 10 heteroatoms. The molecular weight excluding hydrogens is 374 g/mol. The predicted octanol–water partition coefficient (Wildman–Crippen LogP) is 2.55. The zero-order chi connectivity index (χ0) is 20.8. The number of carboxylic acid groups (broad SMARTS) is 1. The Morgan fingerprint density at radius 3 is 2.52 bits per heavy atom. The highest BCUT2D eigenvalue weighted by molar-refractivity contribution is 5.99. The fourth-order valence-electron chi connectivity index (χ4n) is 2.91. The van der Waals surface area contributed by atoms with Crippen molar-refractivity contribution < 1.29 is 14.7 Å². The lowest BCUT2D eigenvalue weighted by molar-refractivity contribution is -0.118. The van der Waals surface area contributed by atoms with Crippen LogP contribution in [0, 0.1) is 5.92 Å². The molecule has 2 amide bonds. The van der Waals surface area contributed by atoms with E-state index >= 15 is 0 Å². The molecule has 0 saturated carbocycles. The van der Waals surface area contributed by atoms with Gasteiger partial charge >= 0.3 is 6.09 Å². The number of hydrogen-bond acceptors (Lipinski definition) is 6. The number of benzene rings is 1. The van der Waals surface area contributed by atoms with Crippen LogP contribution in [0.2, 0.25) is 0 Å². The summed E-state index contributed by atoms with van der Waals surface area (Å²) in [5.41, 5.74) is 2.83. The summed E-state index contributed by atoms with van der Waals surface area (Å²) >= 11 is 0. The quantitative estimate of drug-likeness (QED) is 0.481. The number of nitrogens with one attached hydrogen (secondary N) is 3. The molecule has 4 N–H and O–H groups in total. The average molecular weight is 395 g/mol. The Bertz CT molecular complexity index is 975. The summed E-state index contributed by atoms with van der Waals surface area (Å²) < 4.78 is 0. The Labute approximate surface area is 166 Å². The Kier molecular flexibility index (Phi) is 6.12. The van der Waals surface area contributed by atoms with Crippen LogP contribution in [0.15, 0.2) is 42.7 Å². The van der Waals surface area contributed by atoms with Gasteiger partial charge in [0.1, 0.15) is 6.04 Å². The first-order valence-electron chi connectivity index (χ1n) is 9.02. The number of hydrogen-bond donors (Lipinski definition) is 4. The largest absolute Gasteiger partial charge is 0.465 e. The van der Waals surface area contributed by atoms with Gasteiger partial charge < -0.3 is 15.7 Å². The average Bonchev–Trinajstić information content (AvgIpc) is 3.22. The number of tetrazole rings is 1. The summed E-state index contributed by atoms with van der Waals surface area (Å²) in [4.78, 5) is 27.8. The molecule has 29 heavy (non-hydrogen) atoms. The van der Waals surface area contributed by atoms with Crippen molar-refractivity contribution in [3.63, 3.8) is 0 Å². The molecule has 1 unspecified atom stereocenters. The SMILES string of the molecule is CC(C)CC(NC(=O)O)C(=O)Nc1ccc(-c2ccncc2)cc1-c1nn[nH]n1. The fraction of sp³-hybridized carbons (Fsp3) is 0.263. The van der Waals surface area contributed by atoms with E-state index in [9.17, 15) is 9.59 Å². The highest BCUT2D eigenvalue weighted by Crippen LogP contribution is 2.30. The normalized spacial score (nSPS) is 11.8. The number of H-pyrrole nitrogens is 1. The highest BCUT2D eigenvalue weighted by atomic mass is 16.4. The molecule has 0 bridgehead atoms. The van der Waals surface area contributed by atoms with Gasteiger partial charge in [0.05, 0.1) is 5.69 Å². The first-order chi connectivity index (χ1) is 13.9. The number of pyridine rings is 1. The van der Waals surface area contributed by atoms with Crippen molar-refractivity contribution in [2.75, 3.05) is 5.32 Å². The molecular formula is C19H21N7O3. The summed E-state index contributed by atoms with van der Waals surface area (Å²) in [6.45, 7) is 3.83. The number of anilines is 1. The van der Waals surface area contributed by atoms with Gasteiger partial charge in [0.15, 0.2) is 0 Å². The molecule has 0 fully saturated rings. The van der Waals surface area contributed by atoms with E-state index in [4.69, 9.17) is 5.11 Å². The van der Waals surface area contributed by atoms with Crippen molar-refractivity contribution in [1.29, 1.82) is 0 Å². The molecule has 0 saturated heterocycles. The Hall–Kier alpha value is -3.82. The predicted molar refractivity (Wildman–Crippen MR) is 106 cm³/mol. The molecule has 0 aliphatic heterocycles. The van der Waals surface area contributed by atoms with Crippen molar-refractivity contribution in [2.45, 2.75) is 26.3 Å². The van der Waals surface area contributed by atoms with Gasteiger partial charge in [-0.1, -0.05) is 19.9 Å². The number of carbonyl (C=O) groups excluding carboxylic acids is 1. The van der Waals surface area contributed by atoms with Crippen LogP contribution in [-0.4, -0.2) is 48.8 Å². The number of aromatic amines is 1. The van der Waals surface area contributed by atoms with Crippen molar-refractivity contribution in [1.82, 2.24) is 30.9 Å². The second-order valence-corrected chi connectivity index (χ2v) is 6.85. The monoisotopic (exact) mass is 395 g/mol. The molecule has 150 valence electrons. The molecule has 10 nitrogen and oxygen atoms in total. The summed E-state index contributed by atoms with van der Waals surface area (Å²) in [6, 6.07) is 8.25. The van der Waals surface area contributed by atoms with Crippen LogP contribution in [0.5, 0.6) is 0 Å². The van der Waals surface area contributed by atoms with Gasteiger partial charge in [0.25, 0.3) is 0 Å². The van der Waals surface area contributed by atoms with E-state index in [2.05, 4.69) is 36.2 Å². The molecule has 0 aliphatic carbocycles. The van der Waals surface area contributed by atoms with Gasteiger partial charge in [0.2, 0.25) is 11.7 Å². The summed E-state index contributed by atoms with van der Waals surface area (Å²) in [7, 11) is 0. The minimum atomic E-state index is -1.25. The number of amides is 2. The molecule has 3 rings (SSSR count). The lowest BCUT2D eigenvalue weighted by Crippen LogP contribution is -2.44. The van der Waals surface area contributed by atoms with Gasteiger partial charge in [-0.25, -0.2) is 4.79 Å². The number of rotatable bonds is 7. The van der Waals surface area contributed by atoms with E-state index in [-0.39, 0.29) is 5.92 Å². The van der Waals surface area contributed by atoms with Crippen LogP contribution >= 0.6 is 0 Å². The summed E-state index contributed by atoms with van der Waals surface area (Å²) in [6.07, 6.45) is 2.49. The molecule has 0 aliphatic rings. The molecule has 2 aromatic heterocycles. The first-order valence-corrected chi connectivity index (χ1v) is 9.02. The van der Waals surface area contributed by atoms with Crippen LogP contribution in [0.25, 0.3) is 22.5 Å². The molecule has 2 heterocycles. The van der Waals surface area contributed by atoms with Crippen LogP contribution in [0.4, 0.5) is 10.5 Å². The minimum absolute atomic E-state index is 0.128. The molecule has 3 aromatic rings. The maximum atomic E-state index is 12.8. The van der Waals surface area contributed by atoms with Gasteiger partial charge in [-0.15, -0.1) is 10.2 Å². The van der Waals surface area contributed by atoms with Gasteiger partial charge in [0, 0.05) is 18.0 Å². The van der Waals surface area contributed by atoms with Crippen molar-refractivity contribution in [2.24, 2.45) is 5.92 Å². The van der Waals surface area contributed by atoms with Gasteiger partial charge in [-0.05, 0) is 52.9 Å². The molecule has 0 radical (unpaired) electrons. The van der Waals surface area contributed by atoms with Crippen molar-refractivity contribution in [3.05, 3.63) is 42.7 Å². The van der Waals surface area contributed by atoms with Crippen molar-refractivity contribution >= 4 is 17.7 Å². The van der Waals surface area contributed by atoms with E-state index in [1.165, 1.54) is 0 Å². The van der Waals surface area contributed by atoms with E-state index in [1.807, 2.05) is 38.1 Å². The molecule has 1 atom stereocenters. The van der Waals surface area contributed by atoms with E-state index in [1.54, 1.807) is 18.5 Å². The number of carbonyl (C=O) groups is 2. The topological polar surface area (TPSA) is 146 Å². The summed E-state index contributed by atoms with van der Waals surface area (Å²) in [5.74, 6) is -0.0198. The van der Waals surface area contributed by atoms with Crippen molar-refractivity contribution in [3.8, 4) is 22.5 Å². The second kappa shape index (κ2) is 8.91. The Morgan fingerprint density at radius 2 is 1.90 bits per heavy atom. The number of aromatic nitrogens is 5. The van der Waals surface area contributed by atoms with E-state index in [0.29, 0.717) is 23.5 Å². The molecule has 0 spiro atoms. The van der Waals surface area contributed by atoms with Gasteiger partial charge in [-0.3, -0.25) is 9.78 Å². The maximum absolute atomic E-state index is 12.8. The van der Waals surface area contributed by atoms with Crippen LogP contribution in [-0.2, 0) is 4.79 Å². The zero-order valence-electron chi connectivity index (χ0n) is 16.0. The van der Waals surface area contributed by atoms with E-state index in [0.717, 1.165) is 11.1 Å². The second-order valence-electron chi connectivity index (χ2n) is 6.85. The smallest absolute Gasteiger partial charge is 0.405 e. The lowest BCUT2D eigenvalue weighted by atomic mass is 10.0. The van der Waals surface area contributed by atoms with Crippen LogP contribution in [0.1, 0.15) is 20.3 Å². The Morgan fingerprint density at radius 1 is 1.14 bits per heavy atom.